The highest BCUT2D eigenvalue weighted by atomic mass is 35.5. The standard InChI is InChI=1S/C17H12ClN5O2/c1-9-8-23-15(20-9)14-13(5-10(7-19-14)16(24)25)22-17(23)21-12-4-2-3-11(18)6-12/h2-8H,1H3,(H,21,22)(H,24,25). The molecule has 0 spiro atoms. The van der Waals surface area contributed by atoms with E-state index in [0.717, 1.165) is 11.4 Å². The van der Waals surface area contributed by atoms with Crippen LogP contribution in [0, 0.1) is 6.92 Å². The molecular weight excluding hydrogens is 342 g/mol. The van der Waals surface area contributed by atoms with Gasteiger partial charge in [-0.25, -0.2) is 19.7 Å². The fraction of sp³-hybridized carbons (Fsp3) is 0.0588. The molecule has 0 amide bonds. The summed E-state index contributed by atoms with van der Waals surface area (Å²) in [6, 6.07) is 8.72. The molecule has 3 aromatic heterocycles. The lowest BCUT2D eigenvalue weighted by Crippen LogP contribution is -2.04. The number of imidazole rings is 1. The highest BCUT2D eigenvalue weighted by Crippen LogP contribution is 2.24. The SMILES string of the molecule is Cc1cn2c(Nc3cccc(Cl)c3)nc3cc(C(=O)O)cnc3c2n1. The van der Waals surface area contributed by atoms with Gasteiger partial charge in [0.05, 0.1) is 16.8 Å². The molecule has 0 aliphatic carbocycles. The molecule has 124 valence electrons. The van der Waals surface area contributed by atoms with E-state index in [1.165, 1.54) is 12.3 Å². The zero-order valence-corrected chi connectivity index (χ0v) is 13.8. The van der Waals surface area contributed by atoms with Crippen molar-refractivity contribution in [3.8, 4) is 0 Å². The first kappa shape index (κ1) is 15.3. The van der Waals surface area contributed by atoms with Crippen LogP contribution >= 0.6 is 11.6 Å². The second-order valence-corrected chi connectivity index (χ2v) is 5.98. The zero-order valence-electron chi connectivity index (χ0n) is 13.1. The van der Waals surface area contributed by atoms with Gasteiger partial charge in [0.1, 0.15) is 5.52 Å². The van der Waals surface area contributed by atoms with Gasteiger partial charge in [-0.1, -0.05) is 17.7 Å². The summed E-state index contributed by atoms with van der Waals surface area (Å²) in [5, 5.41) is 13.0. The first-order chi connectivity index (χ1) is 12.0. The van der Waals surface area contributed by atoms with Crippen molar-refractivity contribution in [3.05, 3.63) is 59.0 Å². The van der Waals surface area contributed by atoms with Crippen molar-refractivity contribution >= 4 is 45.9 Å². The molecule has 2 N–H and O–H groups in total. The summed E-state index contributed by atoms with van der Waals surface area (Å²) in [6.07, 6.45) is 3.14. The van der Waals surface area contributed by atoms with Gasteiger partial charge in [0.15, 0.2) is 5.65 Å². The predicted octanol–water partition coefficient (Wildman–Crippen LogP) is 3.68. The van der Waals surface area contributed by atoms with E-state index in [9.17, 15) is 9.90 Å². The highest BCUT2D eigenvalue weighted by molar-refractivity contribution is 6.30. The second kappa shape index (κ2) is 5.71. The summed E-state index contributed by atoms with van der Waals surface area (Å²) in [7, 11) is 0. The van der Waals surface area contributed by atoms with Crippen LogP contribution in [0.5, 0.6) is 0 Å². The number of carboxylic acids is 1. The largest absolute Gasteiger partial charge is 0.478 e. The van der Waals surface area contributed by atoms with Gasteiger partial charge in [-0.2, -0.15) is 0 Å². The van der Waals surface area contributed by atoms with E-state index >= 15 is 0 Å². The lowest BCUT2D eigenvalue weighted by atomic mass is 10.2. The number of halogens is 1. The molecule has 25 heavy (non-hydrogen) atoms. The minimum Gasteiger partial charge on any atom is -0.478 e. The first-order valence-electron chi connectivity index (χ1n) is 7.42. The Morgan fingerprint density at radius 2 is 2.12 bits per heavy atom. The molecule has 8 heteroatoms. The molecule has 0 fully saturated rings. The number of nitrogens with zero attached hydrogens (tertiary/aromatic N) is 4. The Bertz CT molecular complexity index is 1140. The third-order valence-corrected chi connectivity index (χ3v) is 3.92. The van der Waals surface area contributed by atoms with E-state index in [1.54, 1.807) is 16.5 Å². The number of aryl methyl sites for hydroxylation is 1. The molecule has 0 saturated carbocycles. The Morgan fingerprint density at radius 3 is 2.88 bits per heavy atom. The van der Waals surface area contributed by atoms with Gasteiger partial charge in [0.2, 0.25) is 5.95 Å². The van der Waals surface area contributed by atoms with Gasteiger partial charge in [-0.15, -0.1) is 0 Å². The number of fused-ring (bicyclic) bond motifs is 3. The monoisotopic (exact) mass is 353 g/mol. The number of carboxylic acid groups (broad SMARTS) is 1. The van der Waals surface area contributed by atoms with Gasteiger partial charge in [-0.3, -0.25) is 4.40 Å². The van der Waals surface area contributed by atoms with Gasteiger partial charge in [0, 0.05) is 23.1 Å². The number of hydrogen-bond acceptors (Lipinski definition) is 5. The average Bonchev–Trinajstić information content (AvgIpc) is 2.96. The van der Waals surface area contributed by atoms with Crippen molar-refractivity contribution in [2.45, 2.75) is 6.92 Å². The van der Waals surface area contributed by atoms with Crippen molar-refractivity contribution in [2.24, 2.45) is 0 Å². The molecule has 3 heterocycles. The smallest absolute Gasteiger partial charge is 0.337 e. The Kier molecular flexibility index (Phi) is 3.51. The van der Waals surface area contributed by atoms with E-state index in [2.05, 4.69) is 20.3 Å². The number of benzene rings is 1. The molecular formula is C17H12ClN5O2. The topological polar surface area (TPSA) is 92.4 Å². The maximum Gasteiger partial charge on any atom is 0.337 e. The van der Waals surface area contributed by atoms with Gasteiger partial charge >= 0.3 is 5.97 Å². The minimum atomic E-state index is -1.06. The summed E-state index contributed by atoms with van der Waals surface area (Å²) >= 11 is 6.03. The Labute approximate surface area is 146 Å². The van der Waals surface area contributed by atoms with Crippen LogP contribution in [0.4, 0.5) is 11.6 Å². The third-order valence-electron chi connectivity index (χ3n) is 3.69. The number of hydrogen-bond donors (Lipinski definition) is 2. The maximum atomic E-state index is 11.2. The van der Waals surface area contributed by atoms with Crippen molar-refractivity contribution < 1.29 is 9.90 Å². The van der Waals surface area contributed by atoms with Gasteiger partial charge < -0.3 is 10.4 Å². The highest BCUT2D eigenvalue weighted by Gasteiger charge is 2.14. The third kappa shape index (κ3) is 2.74. The Morgan fingerprint density at radius 1 is 1.28 bits per heavy atom. The normalized spacial score (nSPS) is 11.1. The second-order valence-electron chi connectivity index (χ2n) is 5.54. The predicted molar refractivity (Wildman–Crippen MR) is 94.7 cm³/mol. The summed E-state index contributed by atoms with van der Waals surface area (Å²) in [6.45, 7) is 1.87. The van der Waals surface area contributed by atoms with Gasteiger partial charge in [0.25, 0.3) is 0 Å². The number of aromatic nitrogens is 4. The quantitative estimate of drug-likeness (QED) is 0.583. The lowest BCUT2D eigenvalue weighted by Gasteiger charge is -2.10. The molecule has 0 saturated heterocycles. The van der Waals surface area contributed by atoms with Crippen LogP contribution in [-0.4, -0.2) is 30.4 Å². The number of pyridine rings is 1. The molecule has 0 atom stereocenters. The van der Waals surface area contributed by atoms with E-state index in [-0.39, 0.29) is 5.56 Å². The van der Waals surface area contributed by atoms with Crippen molar-refractivity contribution in [3.63, 3.8) is 0 Å². The van der Waals surface area contributed by atoms with Crippen LogP contribution in [0.2, 0.25) is 5.02 Å². The zero-order chi connectivity index (χ0) is 17.6. The summed E-state index contributed by atoms with van der Waals surface area (Å²) in [5.41, 5.74) is 3.21. The van der Waals surface area contributed by atoms with Crippen LogP contribution in [0.1, 0.15) is 16.1 Å². The fourth-order valence-electron chi connectivity index (χ4n) is 2.61. The van der Waals surface area contributed by atoms with Gasteiger partial charge in [-0.05, 0) is 31.2 Å². The van der Waals surface area contributed by atoms with E-state index < -0.39 is 5.97 Å². The maximum absolute atomic E-state index is 11.2. The van der Waals surface area contributed by atoms with Crippen LogP contribution in [0.25, 0.3) is 16.7 Å². The molecule has 0 unspecified atom stereocenters. The lowest BCUT2D eigenvalue weighted by molar-refractivity contribution is 0.0696. The van der Waals surface area contributed by atoms with Crippen molar-refractivity contribution in [1.82, 2.24) is 19.4 Å². The number of anilines is 2. The van der Waals surface area contributed by atoms with Crippen LogP contribution < -0.4 is 5.32 Å². The van der Waals surface area contributed by atoms with E-state index in [4.69, 9.17) is 11.6 Å². The Balaban J connectivity index is 1.95. The van der Waals surface area contributed by atoms with Crippen LogP contribution in [-0.2, 0) is 0 Å². The summed E-state index contributed by atoms with van der Waals surface area (Å²) < 4.78 is 1.78. The van der Waals surface area contributed by atoms with Crippen LogP contribution in [0.3, 0.4) is 0 Å². The van der Waals surface area contributed by atoms with Crippen molar-refractivity contribution in [2.75, 3.05) is 5.32 Å². The molecule has 4 rings (SSSR count). The molecule has 0 aliphatic rings. The molecule has 0 aliphatic heterocycles. The molecule has 0 bridgehead atoms. The minimum absolute atomic E-state index is 0.0707. The Hall–Kier alpha value is -3.19. The molecule has 7 nitrogen and oxygen atoms in total. The number of nitrogens with one attached hydrogen (secondary N) is 1. The molecule has 4 aromatic rings. The van der Waals surface area contributed by atoms with Crippen molar-refractivity contribution in [1.29, 1.82) is 0 Å². The van der Waals surface area contributed by atoms with E-state index in [0.29, 0.717) is 27.7 Å². The number of aromatic carboxylic acids is 1. The summed E-state index contributed by atoms with van der Waals surface area (Å²) in [5.74, 6) is -0.561. The number of rotatable bonds is 3. The average molecular weight is 354 g/mol. The fourth-order valence-corrected chi connectivity index (χ4v) is 2.80. The van der Waals surface area contributed by atoms with Crippen LogP contribution in [0.15, 0.2) is 42.7 Å². The number of carbonyl (C=O) groups is 1. The first-order valence-corrected chi connectivity index (χ1v) is 7.80. The molecule has 1 aromatic carbocycles. The molecule has 0 radical (unpaired) electrons. The summed E-state index contributed by atoms with van der Waals surface area (Å²) in [4.78, 5) is 24.4. The van der Waals surface area contributed by atoms with E-state index in [1.807, 2.05) is 25.3 Å².